The van der Waals surface area contributed by atoms with Crippen molar-refractivity contribution in [3.05, 3.63) is 11.4 Å². The number of anilines is 1. The molecule has 6 nitrogen and oxygen atoms in total. The first-order chi connectivity index (χ1) is 8.61. The average Bonchev–Trinajstić information content (AvgIpc) is 2.65. The molecule has 0 fully saturated rings. The number of carbonyl (C=O) groups is 1. The van der Waals surface area contributed by atoms with Gasteiger partial charge >= 0.3 is 0 Å². The second-order valence-corrected chi connectivity index (χ2v) is 4.20. The van der Waals surface area contributed by atoms with Crippen LogP contribution in [-0.4, -0.2) is 33.9 Å². The number of aliphatic hydroxyl groups excluding tert-OH is 1. The van der Waals surface area contributed by atoms with Gasteiger partial charge in [0.1, 0.15) is 5.69 Å². The molecule has 1 rings (SSSR count). The maximum atomic E-state index is 12.0. The van der Waals surface area contributed by atoms with E-state index in [1.807, 2.05) is 6.92 Å². The highest BCUT2D eigenvalue weighted by Crippen LogP contribution is 2.16. The van der Waals surface area contributed by atoms with E-state index in [1.165, 1.54) is 0 Å². The lowest BCUT2D eigenvalue weighted by Crippen LogP contribution is -2.27. The first-order valence-electron chi connectivity index (χ1n) is 6.33. The van der Waals surface area contributed by atoms with E-state index in [4.69, 9.17) is 10.8 Å². The number of nitrogens with zero attached hydrogens (tertiary/aromatic N) is 2. The smallest absolute Gasteiger partial charge is 0.271 e. The van der Waals surface area contributed by atoms with Crippen LogP contribution < -0.4 is 11.1 Å². The van der Waals surface area contributed by atoms with E-state index < -0.39 is 0 Å². The predicted molar refractivity (Wildman–Crippen MR) is 70.3 cm³/mol. The van der Waals surface area contributed by atoms with Crippen LogP contribution in [0.15, 0.2) is 0 Å². The second kappa shape index (κ2) is 7.00. The maximum absolute atomic E-state index is 12.0. The van der Waals surface area contributed by atoms with Crippen molar-refractivity contribution in [2.75, 3.05) is 18.9 Å². The Balaban J connectivity index is 2.56. The van der Waals surface area contributed by atoms with E-state index >= 15 is 0 Å². The minimum Gasteiger partial charge on any atom is -0.396 e. The first kappa shape index (κ1) is 14.5. The van der Waals surface area contributed by atoms with Gasteiger partial charge in [-0.2, -0.15) is 5.10 Å². The van der Waals surface area contributed by atoms with Gasteiger partial charge in [0.15, 0.2) is 0 Å². The number of nitrogen functional groups attached to an aromatic ring is 1. The van der Waals surface area contributed by atoms with Crippen molar-refractivity contribution in [3.63, 3.8) is 0 Å². The van der Waals surface area contributed by atoms with Crippen LogP contribution in [0.1, 0.15) is 42.4 Å². The quantitative estimate of drug-likeness (QED) is 0.624. The molecule has 6 heteroatoms. The van der Waals surface area contributed by atoms with Crippen LogP contribution in [0.4, 0.5) is 5.69 Å². The van der Waals surface area contributed by atoms with E-state index in [0.29, 0.717) is 30.2 Å². The third kappa shape index (κ3) is 3.46. The highest BCUT2D eigenvalue weighted by Gasteiger charge is 2.18. The van der Waals surface area contributed by atoms with Gasteiger partial charge in [-0.05, 0) is 33.1 Å². The Kier molecular flexibility index (Phi) is 5.64. The largest absolute Gasteiger partial charge is 0.396 e. The molecule has 0 atom stereocenters. The summed E-state index contributed by atoms with van der Waals surface area (Å²) in [5, 5.41) is 15.7. The lowest BCUT2D eigenvalue weighted by molar-refractivity contribution is 0.0943. The molecule has 0 spiro atoms. The summed E-state index contributed by atoms with van der Waals surface area (Å²) in [7, 11) is 0. The number of hydrogen-bond donors (Lipinski definition) is 3. The van der Waals surface area contributed by atoms with E-state index in [9.17, 15) is 4.79 Å². The number of nitrogens with two attached hydrogens (primary N) is 1. The van der Waals surface area contributed by atoms with Gasteiger partial charge in [-0.15, -0.1) is 0 Å². The van der Waals surface area contributed by atoms with Gasteiger partial charge in [-0.1, -0.05) is 0 Å². The fourth-order valence-corrected chi connectivity index (χ4v) is 1.76. The fourth-order valence-electron chi connectivity index (χ4n) is 1.76. The Morgan fingerprint density at radius 3 is 2.78 bits per heavy atom. The van der Waals surface area contributed by atoms with Gasteiger partial charge in [0.05, 0.1) is 11.4 Å². The molecular formula is C12H22N4O2. The minimum atomic E-state index is -0.182. The molecule has 0 radical (unpaired) electrons. The van der Waals surface area contributed by atoms with Crippen molar-refractivity contribution < 1.29 is 9.90 Å². The molecule has 0 aromatic carbocycles. The summed E-state index contributed by atoms with van der Waals surface area (Å²) in [4.78, 5) is 12.0. The number of aliphatic hydroxyl groups is 1. The summed E-state index contributed by atoms with van der Waals surface area (Å²) in [6.45, 7) is 5.11. The zero-order chi connectivity index (χ0) is 13.5. The van der Waals surface area contributed by atoms with Crippen molar-refractivity contribution in [3.8, 4) is 0 Å². The fraction of sp³-hybridized carbons (Fsp3) is 0.667. The zero-order valence-electron chi connectivity index (χ0n) is 11.1. The Bertz CT molecular complexity index is 401. The SMILES string of the molecule is CCn1nc(C)c(N)c1C(=O)NCCCCCO. The summed E-state index contributed by atoms with van der Waals surface area (Å²) < 4.78 is 1.62. The molecule has 0 bridgehead atoms. The van der Waals surface area contributed by atoms with Gasteiger partial charge < -0.3 is 16.2 Å². The summed E-state index contributed by atoms with van der Waals surface area (Å²) in [6, 6.07) is 0. The van der Waals surface area contributed by atoms with Crippen LogP contribution in [0.3, 0.4) is 0 Å². The highest BCUT2D eigenvalue weighted by molar-refractivity contribution is 5.97. The molecule has 1 amide bonds. The third-order valence-electron chi connectivity index (χ3n) is 2.81. The Hall–Kier alpha value is -1.56. The number of amides is 1. The monoisotopic (exact) mass is 254 g/mol. The van der Waals surface area contributed by atoms with Crippen LogP contribution in [-0.2, 0) is 6.54 Å². The van der Waals surface area contributed by atoms with Crippen molar-refractivity contribution in [2.45, 2.75) is 39.7 Å². The standard InChI is InChI=1S/C12H22N4O2/c1-3-16-11(10(13)9(2)15-16)12(18)14-7-5-4-6-8-17/h17H,3-8,13H2,1-2H3,(H,14,18). The number of hydrogen-bond acceptors (Lipinski definition) is 4. The molecule has 102 valence electrons. The molecule has 0 saturated carbocycles. The Labute approximate surface area is 107 Å². The molecule has 1 aromatic heterocycles. The van der Waals surface area contributed by atoms with Crippen LogP contribution in [0.2, 0.25) is 0 Å². The van der Waals surface area contributed by atoms with Crippen LogP contribution in [0, 0.1) is 6.92 Å². The first-order valence-corrected chi connectivity index (χ1v) is 6.33. The van der Waals surface area contributed by atoms with Gasteiger partial charge in [-0.25, -0.2) is 0 Å². The van der Waals surface area contributed by atoms with E-state index in [-0.39, 0.29) is 12.5 Å². The Morgan fingerprint density at radius 1 is 1.44 bits per heavy atom. The average molecular weight is 254 g/mol. The zero-order valence-corrected chi connectivity index (χ0v) is 11.1. The highest BCUT2D eigenvalue weighted by atomic mass is 16.2. The van der Waals surface area contributed by atoms with E-state index in [0.717, 1.165) is 19.3 Å². The number of carbonyl (C=O) groups excluding carboxylic acids is 1. The Morgan fingerprint density at radius 2 is 2.17 bits per heavy atom. The number of aryl methyl sites for hydroxylation is 2. The van der Waals surface area contributed by atoms with Crippen molar-refractivity contribution in [1.29, 1.82) is 0 Å². The van der Waals surface area contributed by atoms with Crippen molar-refractivity contribution >= 4 is 11.6 Å². The number of nitrogens with one attached hydrogen (secondary N) is 1. The maximum Gasteiger partial charge on any atom is 0.271 e. The summed E-state index contributed by atoms with van der Waals surface area (Å²) in [6.07, 6.45) is 2.52. The minimum absolute atomic E-state index is 0.182. The molecule has 18 heavy (non-hydrogen) atoms. The van der Waals surface area contributed by atoms with Crippen LogP contribution in [0.25, 0.3) is 0 Å². The summed E-state index contributed by atoms with van der Waals surface area (Å²) in [5.74, 6) is -0.182. The number of unbranched alkanes of at least 4 members (excludes halogenated alkanes) is 2. The summed E-state index contributed by atoms with van der Waals surface area (Å²) >= 11 is 0. The van der Waals surface area contributed by atoms with E-state index in [1.54, 1.807) is 11.6 Å². The van der Waals surface area contributed by atoms with Gasteiger partial charge in [0.2, 0.25) is 0 Å². The molecule has 0 aliphatic heterocycles. The topological polar surface area (TPSA) is 93.2 Å². The van der Waals surface area contributed by atoms with Crippen LogP contribution >= 0.6 is 0 Å². The molecule has 0 saturated heterocycles. The molecule has 1 heterocycles. The number of aromatic nitrogens is 2. The van der Waals surface area contributed by atoms with E-state index in [2.05, 4.69) is 10.4 Å². The normalized spacial score (nSPS) is 10.6. The van der Waals surface area contributed by atoms with Crippen molar-refractivity contribution in [1.82, 2.24) is 15.1 Å². The summed E-state index contributed by atoms with van der Waals surface area (Å²) in [5.41, 5.74) is 7.43. The van der Waals surface area contributed by atoms with Gasteiger partial charge in [-0.3, -0.25) is 9.48 Å². The predicted octanol–water partition coefficient (Wildman–Crippen LogP) is 0.686. The molecule has 0 unspecified atom stereocenters. The van der Waals surface area contributed by atoms with Gasteiger partial charge in [0.25, 0.3) is 5.91 Å². The third-order valence-corrected chi connectivity index (χ3v) is 2.81. The molecular weight excluding hydrogens is 232 g/mol. The van der Waals surface area contributed by atoms with Crippen molar-refractivity contribution in [2.24, 2.45) is 0 Å². The molecule has 1 aromatic rings. The lowest BCUT2D eigenvalue weighted by Gasteiger charge is -2.07. The second-order valence-electron chi connectivity index (χ2n) is 4.20. The molecule has 0 aliphatic carbocycles. The molecule has 4 N–H and O–H groups in total. The van der Waals surface area contributed by atoms with Gasteiger partial charge in [0, 0.05) is 19.7 Å². The molecule has 0 aliphatic rings. The number of rotatable bonds is 7. The lowest BCUT2D eigenvalue weighted by atomic mass is 10.2. The van der Waals surface area contributed by atoms with Crippen LogP contribution in [0.5, 0.6) is 0 Å².